The molecule has 196 valence electrons. The standard InChI is InChI=1S/C30H26F4N2O2/c1-28(2,25-14-23(31)12-21-8-9-38-27(21)25)17-29(37,30(32,33)34)15-24-13-22-11-20(6-7-26(22)36-24)19-5-3-4-18(10-19)16-35/h3-7,10-14,36-37H,8-9,15,17H2,1-2H3. The van der Waals surface area contributed by atoms with Crippen molar-refractivity contribution in [1.29, 1.82) is 5.26 Å². The van der Waals surface area contributed by atoms with Gasteiger partial charge in [0.2, 0.25) is 0 Å². The predicted octanol–water partition coefficient (Wildman–Crippen LogP) is 6.98. The smallest absolute Gasteiger partial charge is 0.417 e. The van der Waals surface area contributed by atoms with Crippen LogP contribution in [0.4, 0.5) is 17.6 Å². The first-order chi connectivity index (χ1) is 17.9. The van der Waals surface area contributed by atoms with Gasteiger partial charge in [0, 0.05) is 40.6 Å². The largest absolute Gasteiger partial charge is 0.493 e. The highest BCUT2D eigenvalue weighted by Crippen LogP contribution is 2.47. The van der Waals surface area contributed by atoms with Gasteiger partial charge in [-0.1, -0.05) is 32.0 Å². The molecule has 38 heavy (non-hydrogen) atoms. The van der Waals surface area contributed by atoms with Crippen molar-refractivity contribution in [2.24, 2.45) is 0 Å². The number of aliphatic hydroxyl groups is 1. The van der Waals surface area contributed by atoms with E-state index in [0.717, 1.165) is 11.1 Å². The van der Waals surface area contributed by atoms with Crippen molar-refractivity contribution >= 4 is 10.9 Å². The van der Waals surface area contributed by atoms with Gasteiger partial charge in [-0.15, -0.1) is 0 Å². The number of hydrogen-bond donors (Lipinski definition) is 2. The van der Waals surface area contributed by atoms with E-state index in [9.17, 15) is 27.9 Å². The van der Waals surface area contributed by atoms with E-state index in [1.807, 2.05) is 18.2 Å². The average molecular weight is 523 g/mol. The number of alkyl halides is 3. The quantitative estimate of drug-likeness (QED) is 0.268. The van der Waals surface area contributed by atoms with Crippen LogP contribution >= 0.6 is 0 Å². The number of nitriles is 1. The van der Waals surface area contributed by atoms with E-state index in [1.54, 1.807) is 44.2 Å². The van der Waals surface area contributed by atoms with Crippen LogP contribution < -0.4 is 4.74 Å². The van der Waals surface area contributed by atoms with Crippen molar-refractivity contribution in [3.63, 3.8) is 0 Å². The topological polar surface area (TPSA) is 69.0 Å². The molecule has 1 unspecified atom stereocenters. The molecule has 5 rings (SSSR count). The van der Waals surface area contributed by atoms with E-state index in [-0.39, 0.29) is 5.69 Å². The zero-order chi connectivity index (χ0) is 27.3. The molecule has 1 aliphatic heterocycles. The number of benzene rings is 3. The van der Waals surface area contributed by atoms with Gasteiger partial charge in [0.05, 0.1) is 18.2 Å². The number of nitrogens with one attached hydrogen (secondary N) is 1. The van der Waals surface area contributed by atoms with E-state index < -0.39 is 35.9 Å². The molecule has 0 aliphatic carbocycles. The van der Waals surface area contributed by atoms with Gasteiger partial charge < -0.3 is 14.8 Å². The van der Waals surface area contributed by atoms with Crippen LogP contribution in [0.25, 0.3) is 22.0 Å². The summed E-state index contributed by atoms with van der Waals surface area (Å²) >= 11 is 0. The monoisotopic (exact) mass is 522 g/mol. The van der Waals surface area contributed by atoms with Crippen LogP contribution in [0.1, 0.15) is 42.7 Å². The van der Waals surface area contributed by atoms with Crippen molar-refractivity contribution in [2.45, 2.75) is 50.3 Å². The first kappa shape index (κ1) is 25.8. The third-order valence-corrected chi connectivity index (χ3v) is 7.22. The molecule has 0 saturated heterocycles. The zero-order valence-corrected chi connectivity index (χ0v) is 20.9. The number of hydrogen-bond acceptors (Lipinski definition) is 3. The second-order valence-corrected chi connectivity index (χ2v) is 10.6. The van der Waals surface area contributed by atoms with Crippen LogP contribution in [0.5, 0.6) is 5.75 Å². The molecule has 1 atom stereocenters. The molecule has 4 aromatic rings. The number of fused-ring (bicyclic) bond motifs is 2. The summed E-state index contributed by atoms with van der Waals surface area (Å²) in [6.45, 7) is 3.46. The van der Waals surface area contributed by atoms with Gasteiger partial charge in [-0.3, -0.25) is 0 Å². The van der Waals surface area contributed by atoms with E-state index in [0.29, 0.717) is 46.4 Å². The van der Waals surface area contributed by atoms with Crippen molar-refractivity contribution in [1.82, 2.24) is 4.98 Å². The first-order valence-electron chi connectivity index (χ1n) is 12.3. The maximum atomic E-state index is 14.4. The van der Waals surface area contributed by atoms with Crippen molar-refractivity contribution in [3.8, 4) is 22.9 Å². The summed E-state index contributed by atoms with van der Waals surface area (Å²) in [5, 5.41) is 21.0. The third-order valence-electron chi connectivity index (χ3n) is 7.22. The van der Waals surface area contributed by atoms with Crippen LogP contribution in [0.15, 0.2) is 60.7 Å². The van der Waals surface area contributed by atoms with Crippen molar-refractivity contribution in [3.05, 3.63) is 88.9 Å². The molecule has 0 saturated carbocycles. The average Bonchev–Trinajstić information content (AvgIpc) is 3.48. The fraction of sp³-hybridized carbons (Fsp3) is 0.300. The Labute approximate surface area is 217 Å². The Hall–Kier alpha value is -3.83. The lowest BCUT2D eigenvalue weighted by Gasteiger charge is -2.38. The number of H-pyrrole nitrogens is 1. The number of rotatable bonds is 6. The fourth-order valence-corrected chi connectivity index (χ4v) is 5.41. The van der Waals surface area contributed by atoms with Gasteiger partial charge in [0.25, 0.3) is 0 Å². The summed E-state index contributed by atoms with van der Waals surface area (Å²) in [7, 11) is 0. The molecule has 0 spiro atoms. The van der Waals surface area contributed by atoms with E-state index in [2.05, 4.69) is 11.1 Å². The summed E-state index contributed by atoms with van der Waals surface area (Å²) in [6, 6.07) is 18.7. The van der Waals surface area contributed by atoms with Gasteiger partial charge in [0.1, 0.15) is 11.6 Å². The molecule has 0 bridgehead atoms. The molecule has 0 radical (unpaired) electrons. The zero-order valence-electron chi connectivity index (χ0n) is 20.9. The van der Waals surface area contributed by atoms with E-state index >= 15 is 0 Å². The molecule has 3 aromatic carbocycles. The predicted molar refractivity (Wildman–Crippen MR) is 136 cm³/mol. The maximum Gasteiger partial charge on any atom is 0.417 e. The summed E-state index contributed by atoms with van der Waals surface area (Å²) in [4.78, 5) is 3.00. The SMILES string of the molecule is CC(C)(CC(O)(Cc1cc2cc(-c3cccc(C#N)c3)ccc2[nH]1)C(F)(F)F)c1cc(F)cc2c1OCC2. The van der Waals surface area contributed by atoms with Crippen LogP contribution in [0, 0.1) is 17.1 Å². The third kappa shape index (κ3) is 4.74. The maximum absolute atomic E-state index is 14.4. The Morgan fingerprint density at radius 1 is 1.03 bits per heavy atom. The summed E-state index contributed by atoms with van der Waals surface area (Å²) < 4.78 is 63.2. The second kappa shape index (κ2) is 9.17. The van der Waals surface area contributed by atoms with Crippen molar-refractivity contribution in [2.75, 3.05) is 6.61 Å². The molecule has 8 heteroatoms. The Balaban J connectivity index is 1.47. The van der Waals surface area contributed by atoms with Crippen LogP contribution in [-0.4, -0.2) is 28.5 Å². The van der Waals surface area contributed by atoms with Gasteiger partial charge >= 0.3 is 6.18 Å². The van der Waals surface area contributed by atoms with Crippen LogP contribution in [-0.2, 0) is 18.3 Å². The summed E-state index contributed by atoms with van der Waals surface area (Å²) in [5.41, 5.74) is -0.419. The minimum Gasteiger partial charge on any atom is -0.493 e. The Morgan fingerprint density at radius 2 is 1.79 bits per heavy atom. The Kier molecular flexibility index (Phi) is 6.23. The van der Waals surface area contributed by atoms with Gasteiger partial charge in [-0.25, -0.2) is 4.39 Å². The van der Waals surface area contributed by atoms with Gasteiger partial charge in [-0.05, 0) is 65.4 Å². The van der Waals surface area contributed by atoms with Gasteiger partial charge in [0.15, 0.2) is 5.60 Å². The minimum absolute atomic E-state index is 0.222. The Morgan fingerprint density at radius 3 is 2.53 bits per heavy atom. The second-order valence-electron chi connectivity index (χ2n) is 10.6. The lowest BCUT2D eigenvalue weighted by atomic mass is 9.72. The normalized spacial score (nSPS) is 15.1. The fourth-order valence-electron chi connectivity index (χ4n) is 5.41. The Bertz CT molecular complexity index is 1570. The number of halogens is 4. The molecule has 0 amide bonds. The molecule has 2 heterocycles. The molecule has 4 nitrogen and oxygen atoms in total. The van der Waals surface area contributed by atoms with E-state index in [4.69, 9.17) is 4.74 Å². The number of ether oxygens (including phenoxy) is 1. The molecule has 0 fully saturated rings. The molecule has 2 N–H and O–H groups in total. The molecular formula is C30H26F4N2O2. The number of aromatic amines is 1. The molecule has 1 aromatic heterocycles. The highest BCUT2D eigenvalue weighted by Gasteiger charge is 2.56. The highest BCUT2D eigenvalue weighted by atomic mass is 19.4. The lowest BCUT2D eigenvalue weighted by Crippen LogP contribution is -2.51. The minimum atomic E-state index is -4.94. The van der Waals surface area contributed by atoms with E-state index in [1.165, 1.54) is 12.1 Å². The molecular weight excluding hydrogens is 496 g/mol. The van der Waals surface area contributed by atoms with Crippen LogP contribution in [0.3, 0.4) is 0 Å². The first-order valence-corrected chi connectivity index (χ1v) is 12.3. The van der Waals surface area contributed by atoms with Crippen LogP contribution in [0.2, 0.25) is 0 Å². The summed E-state index contributed by atoms with van der Waals surface area (Å²) in [6.07, 6.45) is -5.85. The lowest BCUT2D eigenvalue weighted by molar-refractivity contribution is -0.266. The number of aromatic nitrogens is 1. The molecule has 1 aliphatic rings. The summed E-state index contributed by atoms with van der Waals surface area (Å²) in [5.74, 6) is -0.140. The number of nitrogens with zero attached hydrogens (tertiary/aromatic N) is 1. The van der Waals surface area contributed by atoms with Gasteiger partial charge in [-0.2, -0.15) is 18.4 Å². The van der Waals surface area contributed by atoms with Crippen molar-refractivity contribution < 1.29 is 27.4 Å². The highest BCUT2D eigenvalue weighted by molar-refractivity contribution is 5.86.